The number of amides is 2. The third-order valence-electron chi connectivity index (χ3n) is 4.38. The summed E-state index contributed by atoms with van der Waals surface area (Å²) >= 11 is 0. The van der Waals surface area contributed by atoms with Crippen molar-refractivity contribution in [3.05, 3.63) is 35.4 Å². The molecule has 1 aromatic carbocycles. The average molecular weight is 368 g/mol. The van der Waals surface area contributed by atoms with Crippen LogP contribution in [-0.2, 0) is 22.7 Å². The Hall–Kier alpha value is -1.59. The molecule has 2 rings (SSSR count). The fourth-order valence-electron chi connectivity index (χ4n) is 3.00. The Bertz CT molecular complexity index is 551. The van der Waals surface area contributed by atoms with Crippen molar-refractivity contribution < 1.29 is 9.59 Å². The second kappa shape index (κ2) is 11.9. The fraction of sp³-hybridized carbons (Fsp3) is 0.579. The Morgan fingerprint density at radius 1 is 1.16 bits per heavy atom. The molecule has 1 saturated heterocycles. The van der Waals surface area contributed by atoms with Gasteiger partial charge in [0.2, 0.25) is 11.8 Å². The van der Waals surface area contributed by atoms with Crippen LogP contribution in [0.2, 0.25) is 0 Å². The highest BCUT2D eigenvalue weighted by Gasteiger charge is 2.19. The van der Waals surface area contributed by atoms with Gasteiger partial charge < -0.3 is 16.0 Å². The third-order valence-corrected chi connectivity index (χ3v) is 4.38. The van der Waals surface area contributed by atoms with Gasteiger partial charge in [-0.05, 0) is 36.9 Å². The van der Waals surface area contributed by atoms with Crippen molar-refractivity contribution in [2.75, 3.05) is 13.1 Å². The fourth-order valence-corrected chi connectivity index (χ4v) is 3.00. The van der Waals surface area contributed by atoms with Crippen molar-refractivity contribution in [1.82, 2.24) is 10.2 Å². The summed E-state index contributed by atoms with van der Waals surface area (Å²) in [4.78, 5) is 25.5. The summed E-state index contributed by atoms with van der Waals surface area (Å²) in [6, 6.07) is 8.11. The number of nitrogens with two attached hydrogens (primary N) is 1. The van der Waals surface area contributed by atoms with Crippen LogP contribution in [0.5, 0.6) is 0 Å². The van der Waals surface area contributed by atoms with E-state index in [0.29, 0.717) is 25.9 Å². The molecule has 0 spiro atoms. The van der Waals surface area contributed by atoms with Crippen LogP contribution in [0.25, 0.3) is 0 Å². The Balaban J connectivity index is 0.00000312. The maximum atomic E-state index is 11.9. The lowest BCUT2D eigenvalue weighted by atomic mass is 10.1. The minimum absolute atomic E-state index is 0. The smallest absolute Gasteiger partial charge is 0.222 e. The standard InChI is InChI=1S/C19H29N3O2.ClH/c20-11-4-2-1-3-9-18(23)21-14-16-7-5-8-17(13-16)15-22-12-6-10-19(22)24;/h5,7-8,13H,1-4,6,9-12,14-15,20H2,(H,21,23);1H. The zero-order valence-electron chi connectivity index (χ0n) is 14.8. The van der Waals surface area contributed by atoms with Gasteiger partial charge in [0.05, 0.1) is 0 Å². The van der Waals surface area contributed by atoms with Gasteiger partial charge in [-0.2, -0.15) is 0 Å². The van der Waals surface area contributed by atoms with E-state index < -0.39 is 0 Å². The van der Waals surface area contributed by atoms with Crippen molar-refractivity contribution in [3.8, 4) is 0 Å². The summed E-state index contributed by atoms with van der Waals surface area (Å²) in [7, 11) is 0. The zero-order chi connectivity index (χ0) is 17.2. The van der Waals surface area contributed by atoms with E-state index in [1.807, 2.05) is 23.1 Å². The largest absolute Gasteiger partial charge is 0.352 e. The lowest BCUT2D eigenvalue weighted by Crippen LogP contribution is -2.24. The molecular formula is C19H30ClN3O2. The molecule has 6 heteroatoms. The van der Waals surface area contributed by atoms with E-state index in [1.165, 1.54) is 0 Å². The number of rotatable bonds is 10. The molecule has 0 bridgehead atoms. The Morgan fingerprint density at radius 3 is 2.64 bits per heavy atom. The molecule has 3 N–H and O–H groups in total. The molecule has 140 valence electrons. The van der Waals surface area contributed by atoms with E-state index in [0.717, 1.165) is 56.3 Å². The van der Waals surface area contributed by atoms with Crippen LogP contribution in [-0.4, -0.2) is 29.8 Å². The first-order chi connectivity index (χ1) is 11.7. The van der Waals surface area contributed by atoms with Crippen LogP contribution in [0.1, 0.15) is 56.1 Å². The lowest BCUT2D eigenvalue weighted by Gasteiger charge is -2.16. The molecule has 0 aliphatic carbocycles. The molecule has 0 atom stereocenters. The normalized spacial score (nSPS) is 13.6. The number of nitrogens with one attached hydrogen (secondary N) is 1. The SMILES string of the molecule is Cl.NCCCCCCC(=O)NCc1cccc(CN2CCCC2=O)c1. The number of hydrogen-bond acceptors (Lipinski definition) is 3. The van der Waals surface area contributed by atoms with E-state index >= 15 is 0 Å². The summed E-state index contributed by atoms with van der Waals surface area (Å²) in [6.45, 7) is 2.79. The number of unbranched alkanes of at least 4 members (excludes halogenated alkanes) is 3. The van der Waals surface area contributed by atoms with Gasteiger partial charge in [0.1, 0.15) is 0 Å². The van der Waals surface area contributed by atoms with E-state index in [4.69, 9.17) is 5.73 Å². The van der Waals surface area contributed by atoms with Gasteiger partial charge in [0, 0.05) is 32.5 Å². The highest BCUT2D eigenvalue weighted by Crippen LogP contribution is 2.15. The van der Waals surface area contributed by atoms with E-state index in [9.17, 15) is 9.59 Å². The number of carbonyl (C=O) groups excluding carboxylic acids is 2. The van der Waals surface area contributed by atoms with Gasteiger partial charge in [0.15, 0.2) is 0 Å². The molecule has 25 heavy (non-hydrogen) atoms. The Morgan fingerprint density at radius 2 is 1.92 bits per heavy atom. The van der Waals surface area contributed by atoms with Crippen molar-refractivity contribution in [1.29, 1.82) is 0 Å². The number of nitrogens with zero attached hydrogens (tertiary/aromatic N) is 1. The van der Waals surface area contributed by atoms with E-state index in [2.05, 4.69) is 11.4 Å². The molecule has 1 aliphatic heterocycles. The molecule has 5 nitrogen and oxygen atoms in total. The number of hydrogen-bond donors (Lipinski definition) is 2. The molecule has 0 aromatic heterocycles. The summed E-state index contributed by atoms with van der Waals surface area (Å²) in [5, 5.41) is 2.98. The molecule has 0 unspecified atom stereocenters. The number of likely N-dealkylation sites (tertiary alicyclic amines) is 1. The Kier molecular flexibility index (Phi) is 10.2. The molecular weight excluding hydrogens is 338 g/mol. The molecule has 0 saturated carbocycles. The summed E-state index contributed by atoms with van der Waals surface area (Å²) in [5.41, 5.74) is 7.66. The number of benzene rings is 1. The third kappa shape index (κ3) is 7.88. The minimum atomic E-state index is 0. The van der Waals surface area contributed by atoms with Crippen LogP contribution in [0, 0.1) is 0 Å². The minimum Gasteiger partial charge on any atom is -0.352 e. The quantitative estimate of drug-likeness (QED) is 0.624. The van der Waals surface area contributed by atoms with Crippen LogP contribution < -0.4 is 11.1 Å². The molecule has 2 amide bonds. The summed E-state index contributed by atoms with van der Waals surface area (Å²) in [6.07, 6.45) is 6.31. The summed E-state index contributed by atoms with van der Waals surface area (Å²) in [5.74, 6) is 0.339. The highest BCUT2D eigenvalue weighted by atomic mass is 35.5. The first-order valence-corrected chi connectivity index (χ1v) is 9.01. The van der Waals surface area contributed by atoms with Crippen LogP contribution in [0.4, 0.5) is 0 Å². The second-order valence-corrected chi connectivity index (χ2v) is 6.47. The van der Waals surface area contributed by atoms with Crippen LogP contribution >= 0.6 is 12.4 Å². The van der Waals surface area contributed by atoms with Crippen LogP contribution in [0.15, 0.2) is 24.3 Å². The molecule has 1 aliphatic rings. The maximum Gasteiger partial charge on any atom is 0.222 e. The van der Waals surface area contributed by atoms with Crippen molar-refractivity contribution in [2.45, 2.75) is 58.0 Å². The monoisotopic (exact) mass is 367 g/mol. The maximum absolute atomic E-state index is 11.9. The van der Waals surface area contributed by atoms with Gasteiger partial charge in [-0.15, -0.1) is 12.4 Å². The van der Waals surface area contributed by atoms with Crippen molar-refractivity contribution >= 4 is 24.2 Å². The first-order valence-electron chi connectivity index (χ1n) is 9.01. The van der Waals surface area contributed by atoms with Gasteiger partial charge >= 0.3 is 0 Å². The zero-order valence-corrected chi connectivity index (χ0v) is 15.7. The van der Waals surface area contributed by atoms with Crippen LogP contribution in [0.3, 0.4) is 0 Å². The van der Waals surface area contributed by atoms with Gasteiger partial charge in [-0.3, -0.25) is 9.59 Å². The summed E-state index contributed by atoms with van der Waals surface area (Å²) < 4.78 is 0. The molecule has 1 fully saturated rings. The number of carbonyl (C=O) groups is 2. The lowest BCUT2D eigenvalue weighted by molar-refractivity contribution is -0.128. The van der Waals surface area contributed by atoms with Crippen molar-refractivity contribution in [3.63, 3.8) is 0 Å². The number of halogens is 1. The highest BCUT2D eigenvalue weighted by molar-refractivity contribution is 5.85. The van der Waals surface area contributed by atoms with Crippen molar-refractivity contribution in [2.24, 2.45) is 5.73 Å². The average Bonchev–Trinajstić information content (AvgIpc) is 2.98. The second-order valence-electron chi connectivity index (χ2n) is 6.47. The molecule has 0 radical (unpaired) electrons. The first kappa shape index (κ1) is 21.5. The van der Waals surface area contributed by atoms with Gasteiger partial charge in [-0.1, -0.05) is 37.1 Å². The predicted octanol–water partition coefficient (Wildman–Crippen LogP) is 2.76. The van der Waals surface area contributed by atoms with Gasteiger partial charge in [-0.25, -0.2) is 0 Å². The Labute approximate surface area is 156 Å². The molecule has 1 heterocycles. The predicted molar refractivity (Wildman–Crippen MR) is 102 cm³/mol. The molecule has 1 aromatic rings. The van der Waals surface area contributed by atoms with Gasteiger partial charge in [0.25, 0.3) is 0 Å². The van der Waals surface area contributed by atoms with E-state index in [-0.39, 0.29) is 24.2 Å². The topological polar surface area (TPSA) is 75.4 Å². The van der Waals surface area contributed by atoms with E-state index in [1.54, 1.807) is 0 Å².